The van der Waals surface area contributed by atoms with E-state index in [2.05, 4.69) is 16.0 Å². The molecule has 0 spiro atoms. The van der Waals surface area contributed by atoms with Crippen LogP contribution in [0.2, 0.25) is 0 Å². The van der Waals surface area contributed by atoms with Crippen molar-refractivity contribution in [2.75, 3.05) is 0 Å². The predicted molar refractivity (Wildman–Crippen MR) is 76.2 cm³/mol. The Balaban J connectivity index is 1.73. The van der Waals surface area contributed by atoms with E-state index in [9.17, 15) is 9.59 Å². The van der Waals surface area contributed by atoms with Crippen LogP contribution in [0.25, 0.3) is 0 Å². The lowest BCUT2D eigenvalue weighted by Crippen LogP contribution is -2.41. The molecule has 0 atom stereocenters. The first-order valence-corrected chi connectivity index (χ1v) is 7.01. The van der Waals surface area contributed by atoms with Crippen LogP contribution in [0.5, 0.6) is 0 Å². The number of carbonyl (C=O) groups excluding carboxylic acids is 2. The zero-order chi connectivity index (χ0) is 14.5. The summed E-state index contributed by atoms with van der Waals surface area (Å²) in [5.74, 6) is -0.550. The lowest BCUT2D eigenvalue weighted by atomic mass is 10.4. The molecule has 0 unspecified atom stereocenters. The molecule has 0 fully saturated rings. The summed E-state index contributed by atoms with van der Waals surface area (Å²) in [7, 11) is 0. The van der Waals surface area contributed by atoms with Gasteiger partial charge in [-0.1, -0.05) is 0 Å². The smallest absolute Gasteiger partial charge is 0.273 e. The fourth-order valence-electron chi connectivity index (χ4n) is 1.61. The summed E-state index contributed by atoms with van der Waals surface area (Å²) in [6.45, 7) is 4.34. The summed E-state index contributed by atoms with van der Waals surface area (Å²) < 4.78 is 1.69. The second-order valence-corrected chi connectivity index (χ2v) is 5.73. The maximum atomic E-state index is 11.7. The molecule has 2 amide bonds. The number of aromatic nitrogens is 2. The van der Waals surface area contributed by atoms with E-state index in [1.54, 1.807) is 16.9 Å². The molecule has 20 heavy (non-hydrogen) atoms. The summed E-state index contributed by atoms with van der Waals surface area (Å²) in [4.78, 5) is 24.9. The van der Waals surface area contributed by atoms with Gasteiger partial charge in [-0.25, -0.2) is 0 Å². The number of nitrogens with one attached hydrogen (secondary N) is 2. The van der Waals surface area contributed by atoms with Gasteiger partial charge in [0.2, 0.25) is 5.91 Å². The third-order valence-corrected chi connectivity index (χ3v) is 3.61. The Labute approximate surface area is 120 Å². The minimum atomic E-state index is -0.300. The van der Waals surface area contributed by atoms with Crippen molar-refractivity contribution in [3.05, 3.63) is 39.8 Å². The molecule has 0 aliphatic heterocycles. The van der Waals surface area contributed by atoms with Gasteiger partial charge in [0.05, 0.1) is 11.1 Å². The average Bonchev–Trinajstić information content (AvgIpc) is 3.02. The Hall–Kier alpha value is -2.15. The van der Waals surface area contributed by atoms with Gasteiger partial charge in [0.15, 0.2) is 0 Å². The van der Waals surface area contributed by atoms with Crippen LogP contribution in [-0.2, 0) is 11.3 Å². The van der Waals surface area contributed by atoms with E-state index in [1.165, 1.54) is 11.3 Å². The Morgan fingerprint density at radius 1 is 1.30 bits per heavy atom. The van der Waals surface area contributed by atoms with E-state index in [1.807, 2.05) is 26.1 Å². The number of hydrazine groups is 1. The van der Waals surface area contributed by atoms with Crippen molar-refractivity contribution in [3.63, 3.8) is 0 Å². The van der Waals surface area contributed by atoms with E-state index < -0.39 is 0 Å². The van der Waals surface area contributed by atoms with Crippen LogP contribution in [0.15, 0.2) is 24.5 Å². The van der Waals surface area contributed by atoms with Crippen LogP contribution in [0.4, 0.5) is 0 Å². The molecule has 0 bridgehead atoms. The molecule has 0 saturated carbocycles. The van der Waals surface area contributed by atoms with Gasteiger partial charge in [-0.05, 0) is 31.5 Å². The van der Waals surface area contributed by atoms with Gasteiger partial charge < -0.3 is 0 Å². The first-order chi connectivity index (χ1) is 9.54. The molecule has 0 aromatic carbocycles. The predicted octanol–water partition coefficient (Wildman–Crippen LogP) is 1.41. The molecule has 106 valence electrons. The summed E-state index contributed by atoms with van der Waals surface area (Å²) in [6.07, 6.45) is 3.85. The Morgan fingerprint density at radius 2 is 2.10 bits per heavy atom. The summed E-state index contributed by atoms with van der Waals surface area (Å²) in [5.41, 5.74) is 5.84. The molecule has 0 aliphatic carbocycles. The van der Waals surface area contributed by atoms with Crippen molar-refractivity contribution in [2.45, 2.75) is 26.8 Å². The maximum Gasteiger partial charge on any atom is 0.279 e. The number of nitrogens with zero attached hydrogens (tertiary/aromatic N) is 2. The van der Waals surface area contributed by atoms with E-state index >= 15 is 0 Å². The van der Waals surface area contributed by atoms with Gasteiger partial charge in [-0.15, -0.1) is 11.3 Å². The van der Waals surface area contributed by atoms with Crippen LogP contribution in [0, 0.1) is 13.8 Å². The van der Waals surface area contributed by atoms with Crippen LogP contribution < -0.4 is 10.9 Å². The van der Waals surface area contributed by atoms with Crippen molar-refractivity contribution >= 4 is 23.2 Å². The molecule has 2 aromatic rings. The summed E-state index contributed by atoms with van der Waals surface area (Å²) in [5, 5.41) is 4.08. The number of rotatable bonds is 4. The van der Waals surface area contributed by atoms with Crippen molar-refractivity contribution in [1.29, 1.82) is 0 Å². The highest BCUT2D eigenvalue weighted by molar-refractivity contribution is 7.13. The minimum Gasteiger partial charge on any atom is -0.273 e. The molecule has 0 aliphatic rings. The molecule has 2 aromatic heterocycles. The summed E-state index contributed by atoms with van der Waals surface area (Å²) >= 11 is 1.38. The molecular weight excluding hydrogens is 276 g/mol. The zero-order valence-electron chi connectivity index (χ0n) is 11.3. The first kappa shape index (κ1) is 14.3. The van der Waals surface area contributed by atoms with Crippen LogP contribution in [0.1, 0.15) is 26.5 Å². The van der Waals surface area contributed by atoms with E-state index in [0.29, 0.717) is 11.4 Å². The van der Waals surface area contributed by atoms with Crippen molar-refractivity contribution in [1.82, 2.24) is 20.6 Å². The van der Waals surface area contributed by atoms with Crippen molar-refractivity contribution in [3.8, 4) is 0 Å². The molecule has 2 heterocycles. The van der Waals surface area contributed by atoms with E-state index in [0.717, 1.165) is 10.4 Å². The lowest BCUT2D eigenvalue weighted by Gasteiger charge is -2.06. The highest BCUT2D eigenvalue weighted by Crippen LogP contribution is 2.14. The van der Waals surface area contributed by atoms with Gasteiger partial charge in [-0.2, -0.15) is 5.10 Å². The Bertz CT molecular complexity index is 617. The van der Waals surface area contributed by atoms with Crippen molar-refractivity contribution < 1.29 is 9.59 Å². The fourth-order valence-corrected chi connectivity index (χ4v) is 2.38. The molecule has 2 rings (SSSR count). The number of carbonyl (C=O) groups is 2. The largest absolute Gasteiger partial charge is 0.279 e. The average molecular weight is 292 g/mol. The number of aryl methyl sites for hydroxylation is 3. The molecule has 7 heteroatoms. The molecular formula is C13H16N4O2S. The monoisotopic (exact) mass is 292 g/mol. The topological polar surface area (TPSA) is 76.0 Å². The quantitative estimate of drug-likeness (QED) is 0.837. The van der Waals surface area contributed by atoms with Gasteiger partial charge >= 0.3 is 0 Å². The third kappa shape index (κ3) is 3.92. The van der Waals surface area contributed by atoms with Crippen LogP contribution in [-0.4, -0.2) is 21.6 Å². The van der Waals surface area contributed by atoms with E-state index in [4.69, 9.17) is 0 Å². The number of amides is 2. The van der Waals surface area contributed by atoms with Gasteiger partial charge in [0.1, 0.15) is 0 Å². The molecule has 6 nitrogen and oxygen atoms in total. The van der Waals surface area contributed by atoms with Gasteiger partial charge in [-0.3, -0.25) is 25.1 Å². The third-order valence-electron chi connectivity index (χ3n) is 2.61. The summed E-state index contributed by atoms with van der Waals surface area (Å²) in [6, 6.07) is 3.59. The standard InChI is InChI=1S/C13H16N4O2S/c1-9-7-14-17(8-9)6-5-12(18)15-16-13(19)11-4-3-10(2)20-11/h3-4,7-8H,5-6H2,1-2H3,(H,15,18)(H,16,19). The van der Waals surface area contributed by atoms with Gasteiger partial charge in [0, 0.05) is 24.0 Å². The maximum absolute atomic E-state index is 11.7. The van der Waals surface area contributed by atoms with Gasteiger partial charge in [0.25, 0.3) is 5.91 Å². The second-order valence-electron chi connectivity index (χ2n) is 4.44. The first-order valence-electron chi connectivity index (χ1n) is 6.19. The number of thiophene rings is 1. The second kappa shape index (κ2) is 6.33. The van der Waals surface area contributed by atoms with Crippen LogP contribution >= 0.6 is 11.3 Å². The lowest BCUT2D eigenvalue weighted by molar-refractivity contribution is -0.122. The van der Waals surface area contributed by atoms with Crippen LogP contribution in [0.3, 0.4) is 0 Å². The number of hydrogen-bond donors (Lipinski definition) is 2. The highest BCUT2D eigenvalue weighted by atomic mass is 32.1. The molecule has 0 radical (unpaired) electrons. The Morgan fingerprint density at radius 3 is 2.70 bits per heavy atom. The SMILES string of the molecule is Cc1cnn(CCC(=O)NNC(=O)c2ccc(C)s2)c1. The minimum absolute atomic E-state index is 0.250. The Kier molecular flexibility index (Phi) is 4.52. The highest BCUT2D eigenvalue weighted by Gasteiger charge is 2.09. The fraction of sp³-hybridized carbons (Fsp3) is 0.308. The van der Waals surface area contributed by atoms with E-state index in [-0.39, 0.29) is 18.2 Å². The van der Waals surface area contributed by atoms with Crippen molar-refractivity contribution in [2.24, 2.45) is 0 Å². The normalized spacial score (nSPS) is 10.3. The zero-order valence-corrected chi connectivity index (χ0v) is 12.2. The number of hydrogen-bond acceptors (Lipinski definition) is 4. The molecule has 0 saturated heterocycles. The molecule has 2 N–H and O–H groups in total.